The van der Waals surface area contributed by atoms with Gasteiger partial charge in [-0.25, -0.2) is 4.79 Å². The lowest BCUT2D eigenvalue weighted by Gasteiger charge is -2.09. The maximum absolute atomic E-state index is 11.3. The van der Waals surface area contributed by atoms with E-state index in [1.807, 2.05) is 13.8 Å². The van der Waals surface area contributed by atoms with Gasteiger partial charge in [-0.15, -0.1) is 0 Å². The minimum Gasteiger partial charge on any atom is -0.464 e. The summed E-state index contributed by atoms with van der Waals surface area (Å²) in [5.41, 5.74) is -0.421. The Kier molecular flexibility index (Phi) is 3.00. The van der Waals surface area contributed by atoms with Crippen LogP contribution in [0.4, 0.5) is 0 Å². The summed E-state index contributed by atoms with van der Waals surface area (Å²) in [4.78, 5) is 22.5. The second kappa shape index (κ2) is 3.88. The van der Waals surface area contributed by atoms with Crippen LogP contribution in [0.25, 0.3) is 0 Å². The molecule has 0 aromatic carbocycles. The molecule has 1 aromatic rings. The molecule has 0 saturated heterocycles. The van der Waals surface area contributed by atoms with Crippen LogP contribution in [0.15, 0.2) is 4.79 Å². The summed E-state index contributed by atoms with van der Waals surface area (Å²) in [6.45, 7) is 3.64. The number of nitrogens with zero attached hydrogens (tertiary/aromatic N) is 1. The van der Waals surface area contributed by atoms with E-state index in [-0.39, 0.29) is 16.8 Å². The van der Waals surface area contributed by atoms with Crippen molar-refractivity contribution in [1.29, 1.82) is 0 Å². The van der Waals surface area contributed by atoms with Gasteiger partial charge in [0.1, 0.15) is 5.02 Å². The molecule has 1 heterocycles. The average Bonchev–Trinajstić information content (AvgIpc) is 2.43. The molecule has 0 atom stereocenters. The van der Waals surface area contributed by atoms with Crippen LogP contribution in [0.1, 0.15) is 30.4 Å². The first kappa shape index (κ1) is 10.8. The lowest BCUT2D eigenvalue weighted by atomic mass is 10.3. The summed E-state index contributed by atoms with van der Waals surface area (Å²) >= 11 is 5.67. The quantitative estimate of drug-likeness (QED) is 0.759. The van der Waals surface area contributed by atoms with Gasteiger partial charge < -0.3 is 4.74 Å². The Labute approximate surface area is 85.6 Å². The van der Waals surface area contributed by atoms with Gasteiger partial charge in [0.15, 0.2) is 5.69 Å². The molecule has 0 aliphatic rings. The van der Waals surface area contributed by atoms with Crippen LogP contribution in [0.2, 0.25) is 5.02 Å². The molecule has 0 spiro atoms. The molecular weight excluding hydrogens is 208 g/mol. The van der Waals surface area contributed by atoms with Gasteiger partial charge in [0.25, 0.3) is 5.56 Å². The first-order valence-corrected chi connectivity index (χ1v) is 4.45. The van der Waals surface area contributed by atoms with Gasteiger partial charge >= 0.3 is 5.97 Å². The smallest absolute Gasteiger partial charge is 0.357 e. The monoisotopic (exact) mass is 218 g/mol. The number of aromatic amines is 1. The van der Waals surface area contributed by atoms with Gasteiger partial charge in [0.05, 0.1) is 7.11 Å². The van der Waals surface area contributed by atoms with E-state index >= 15 is 0 Å². The summed E-state index contributed by atoms with van der Waals surface area (Å²) in [5, 5.41) is 2.32. The molecule has 14 heavy (non-hydrogen) atoms. The van der Waals surface area contributed by atoms with E-state index in [9.17, 15) is 9.59 Å². The fourth-order valence-corrected chi connectivity index (χ4v) is 1.31. The van der Waals surface area contributed by atoms with Gasteiger partial charge in [-0.3, -0.25) is 14.6 Å². The van der Waals surface area contributed by atoms with Crippen LogP contribution in [-0.2, 0) is 4.74 Å². The molecule has 1 rings (SSSR count). The van der Waals surface area contributed by atoms with Gasteiger partial charge in [-0.1, -0.05) is 11.6 Å². The molecule has 0 aliphatic carbocycles. The average molecular weight is 219 g/mol. The zero-order valence-corrected chi connectivity index (χ0v) is 8.88. The van der Waals surface area contributed by atoms with E-state index in [0.29, 0.717) is 0 Å². The predicted octanol–water partition coefficient (Wildman–Crippen LogP) is 1.20. The van der Waals surface area contributed by atoms with Crippen LogP contribution in [-0.4, -0.2) is 22.9 Å². The Morgan fingerprint density at radius 1 is 1.57 bits per heavy atom. The number of hydrogen-bond donors (Lipinski definition) is 1. The van der Waals surface area contributed by atoms with E-state index in [2.05, 4.69) is 9.84 Å². The second-order valence-electron chi connectivity index (χ2n) is 3.06. The topological polar surface area (TPSA) is 64.1 Å². The molecule has 0 fully saturated rings. The van der Waals surface area contributed by atoms with Gasteiger partial charge in [-0.05, 0) is 13.8 Å². The fraction of sp³-hybridized carbons (Fsp3) is 0.500. The Morgan fingerprint density at radius 2 is 2.14 bits per heavy atom. The second-order valence-corrected chi connectivity index (χ2v) is 3.44. The fourth-order valence-electron chi connectivity index (χ4n) is 1.10. The summed E-state index contributed by atoms with van der Waals surface area (Å²) in [6.07, 6.45) is 0. The van der Waals surface area contributed by atoms with Gasteiger partial charge in [-0.2, -0.15) is 0 Å². The summed E-state index contributed by atoms with van der Waals surface area (Å²) in [5.74, 6) is -0.623. The number of ether oxygens (including phenoxy) is 1. The van der Waals surface area contributed by atoms with Crippen molar-refractivity contribution in [2.75, 3.05) is 7.11 Å². The highest BCUT2D eigenvalue weighted by Crippen LogP contribution is 2.15. The lowest BCUT2D eigenvalue weighted by Crippen LogP contribution is -2.14. The van der Waals surface area contributed by atoms with Crippen molar-refractivity contribution in [3.8, 4) is 0 Å². The Balaban J connectivity index is 3.38. The highest BCUT2D eigenvalue weighted by molar-refractivity contribution is 6.33. The van der Waals surface area contributed by atoms with Crippen molar-refractivity contribution in [2.24, 2.45) is 0 Å². The van der Waals surface area contributed by atoms with E-state index in [1.54, 1.807) is 0 Å². The molecular formula is C8H11ClN2O3. The normalized spacial score (nSPS) is 10.6. The van der Waals surface area contributed by atoms with Crippen molar-refractivity contribution >= 4 is 17.6 Å². The molecule has 1 N–H and O–H groups in total. The number of carbonyl (C=O) groups excluding carboxylic acids is 1. The molecule has 5 nitrogen and oxygen atoms in total. The number of hydrogen-bond acceptors (Lipinski definition) is 3. The largest absolute Gasteiger partial charge is 0.464 e. The minimum absolute atomic E-state index is 0.0640. The number of esters is 1. The number of H-pyrrole nitrogens is 1. The molecule has 78 valence electrons. The standard InChI is InChI=1S/C8H11ClN2O3/c1-4(2)11-6(8(13)14-3)5(9)7(12)10-11/h4H,1-3H3,(H,10,12). The number of rotatable bonds is 2. The van der Waals surface area contributed by atoms with E-state index < -0.39 is 11.5 Å². The molecule has 0 saturated carbocycles. The molecule has 1 aromatic heterocycles. The number of methoxy groups -OCH3 is 1. The third-order valence-electron chi connectivity index (χ3n) is 1.77. The molecule has 0 aliphatic heterocycles. The Bertz CT molecular complexity index is 405. The molecule has 0 bridgehead atoms. The van der Waals surface area contributed by atoms with E-state index in [4.69, 9.17) is 11.6 Å². The number of halogens is 1. The van der Waals surface area contributed by atoms with Crippen LogP contribution >= 0.6 is 11.6 Å². The third kappa shape index (κ3) is 1.68. The van der Waals surface area contributed by atoms with E-state index in [1.165, 1.54) is 11.8 Å². The zero-order valence-electron chi connectivity index (χ0n) is 8.13. The molecule has 0 radical (unpaired) electrons. The third-order valence-corrected chi connectivity index (χ3v) is 2.12. The van der Waals surface area contributed by atoms with Crippen LogP contribution in [0, 0.1) is 0 Å². The van der Waals surface area contributed by atoms with Crippen LogP contribution < -0.4 is 5.56 Å². The van der Waals surface area contributed by atoms with E-state index in [0.717, 1.165) is 0 Å². The minimum atomic E-state index is -0.623. The summed E-state index contributed by atoms with van der Waals surface area (Å²) in [6, 6.07) is -0.0655. The van der Waals surface area contributed by atoms with Crippen molar-refractivity contribution < 1.29 is 9.53 Å². The molecule has 6 heteroatoms. The number of aromatic nitrogens is 2. The Hall–Kier alpha value is -1.23. The van der Waals surface area contributed by atoms with Crippen molar-refractivity contribution in [3.05, 3.63) is 21.1 Å². The maximum Gasteiger partial charge on any atom is 0.357 e. The zero-order chi connectivity index (χ0) is 10.9. The Morgan fingerprint density at radius 3 is 2.57 bits per heavy atom. The van der Waals surface area contributed by atoms with Gasteiger partial charge in [0, 0.05) is 6.04 Å². The van der Waals surface area contributed by atoms with Crippen LogP contribution in [0.5, 0.6) is 0 Å². The SMILES string of the molecule is COC(=O)c1c(Cl)c(=O)[nH]n1C(C)C. The molecule has 0 unspecified atom stereocenters. The highest BCUT2D eigenvalue weighted by atomic mass is 35.5. The van der Waals surface area contributed by atoms with Crippen molar-refractivity contribution in [3.63, 3.8) is 0 Å². The number of carbonyl (C=O) groups is 1. The summed E-state index contributed by atoms with van der Waals surface area (Å²) in [7, 11) is 1.24. The highest BCUT2D eigenvalue weighted by Gasteiger charge is 2.21. The molecule has 0 amide bonds. The summed E-state index contributed by atoms with van der Waals surface area (Å²) < 4.78 is 5.90. The lowest BCUT2D eigenvalue weighted by molar-refractivity contribution is 0.0584. The van der Waals surface area contributed by atoms with Crippen molar-refractivity contribution in [2.45, 2.75) is 19.9 Å². The van der Waals surface area contributed by atoms with Crippen molar-refractivity contribution in [1.82, 2.24) is 9.78 Å². The maximum atomic E-state index is 11.3. The van der Waals surface area contributed by atoms with Crippen LogP contribution in [0.3, 0.4) is 0 Å². The van der Waals surface area contributed by atoms with Gasteiger partial charge in [0.2, 0.25) is 0 Å². The predicted molar refractivity (Wildman–Crippen MR) is 51.8 cm³/mol. The number of nitrogens with one attached hydrogen (secondary N) is 1. The first-order valence-electron chi connectivity index (χ1n) is 4.07. The first-order chi connectivity index (χ1) is 6.49.